The molecule has 7 heteroatoms. The maximum atomic E-state index is 14.2. The molecule has 0 aliphatic carbocycles. The topological polar surface area (TPSA) is 108 Å². The van der Waals surface area contributed by atoms with E-state index in [1.807, 2.05) is 42.5 Å². The van der Waals surface area contributed by atoms with Crippen molar-refractivity contribution in [2.45, 2.75) is 31.3 Å². The Balaban J connectivity index is 1.72. The van der Waals surface area contributed by atoms with E-state index in [9.17, 15) is 14.9 Å². The zero-order valence-electron chi connectivity index (χ0n) is 17.8. The molecule has 2 aromatic rings. The van der Waals surface area contributed by atoms with Crippen LogP contribution in [0.2, 0.25) is 0 Å². The molecule has 0 bridgehead atoms. The Morgan fingerprint density at radius 2 is 1.78 bits per heavy atom. The highest BCUT2D eigenvalue weighted by molar-refractivity contribution is 6.19. The number of ether oxygens (including phenoxy) is 1. The zero-order chi connectivity index (χ0) is 22.7. The lowest BCUT2D eigenvalue weighted by molar-refractivity contribution is -0.145. The fourth-order valence-corrected chi connectivity index (χ4v) is 5.00. The normalized spacial score (nSPS) is 23.1. The molecule has 32 heavy (non-hydrogen) atoms. The maximum absolute atomic E-state index is 14.2. The minimum absolute atomic E-state index is 0.0190. The van der Waals surface area contributed by atoms with Crippen LogP contribution < -0.4 is 16.0 Å². The predicted octanol–water partition coefficient (Wildman–Crippen LogP) is 2.40. The van der Waals surface area contributed by atoms with Crippen LogP contribution in [0.25, 0.3) is 0 Å². The number of nitrogens with two attached hydrogens (primary N) is 1. The van der Waals surface area contributed by atoms with E-state index in [1.54, 1.807) is 30.9 Å². The number of hydrogen-bond acceptors (Lipinski definition) is 6. The van der Waals surface area contributed by atoms with Crippen LogP contribution in [0.3, 0.4) is 0 Å². The number of fused-ring (bicyclic) bond motifs is 3. The van der Waals surface area contributed by atoms with Gasteiger partial charge in [-0.3, -0.25) is 4.79 Å². The highest BCUT2D eigenvalue weighted by atomic mass is 16.6. The number of cyclic esters (lactones) is 1. The number of carbonyl (C=O) groups is 2. The number of rotatable bonds is 3. The van der Waals surface area contributed by atoms with Gasteiger partial charge in [0.1, 0.15) is 22.9 Å². The summed E-state index contributed by atoms with van der Waals surface area (Å²) in [6.45, 7) is 3.86. The molecule has 2 aromatic carbocycles. The van der Waals surface area contributed by atoms with Crippen LogP contribution in [-0.4, -0.2) is 24.0 Å². The van der Waals surface area contributed by atoms with Crippen molar-refractivity contribution in [3.8, 4) is 6.07 Å². The molecule has 3 heterocycles. The number of amides is 1. The van der Waals surface area contributed by atoms with Crippen LogP contribution in [0.15, 0.2) is 77.3 Å². The van der Waals surface area contributed by atoms with Crippen molar-refractivity contribution in [2.75, 3.05) is 11.4 Å². The molecule has 0 saturated carbocycles. The Labute approximate surface area is 185 Å². The third-order valence-electron chi connectivity index (χ3n) is 6.43. The summed E-state index contributed by atoms with van der Waals surface area (Å²) in [6.07, 6.45) is 0.623. The van der Waals surface area contributed by atoms with Crippen molar-refractivity contribution in [1.29, 1.82) is 5.26 Å². The number of hydrogen-bond donors (Lipinski definition) is 2. The summed E-state index contributed by atoms with van der Waals surface area (Å²) in [5, 5.41) is 13.1. The molecule has 0 unspecified atom stereocenters. The second-order valence-electron chi connectivity index (χ2n) is 8.63. The molecule has 0 saturated heterocycles. The van der Waals surface area contributed by atoms with Crippen molar-refractivity contribution in [2.24, 2.45) is 5.73 Å². The van der Waals surface area contributed by atoms with Gasteiger partial charge >= 0.3 is 5.97 Å². The Kier molecular flexibility index (Phi) is 4.18. The van der Waals surface area contributed by atoms with Gasteiger partial charge in [-0.25, -0.2) is 4.79 Å². The average Bonchev–Trinajstić information content (AvgIpc) is 3.15. The van der Waals surface area contributed by atoms with Gasteiger partial charge in [0.25, 0.3) is 0 Å². The van der Waals surface area contributed by atoms with E-state index in [4.69, 9.17) is 10.5 Å². The monoisotopic (exact) mass is 426 g/mol. The number of nitriles is 1. The summed E-state index contributed by atoms with van der Waals surface area (Å²) in [5.74, 6) is -0.922. The number of nitrogens with zero attached hydrogens (tertiary/aromatic N) is 2. The van der Waals surface area contributed by atoms with E-state index in [2.05, 4.69) is 11.4 Å². The number of carbonyl (C=O) groups excluding carboxylic acids is 2. The second kappa shape index (κ2) is 6.72. The lowest BCUT2D eigenvalue weighted by Crippen LogP contribution is -2.50. The number of esters is 1. The van der Waals surface area contributed by atoms with Gasteiger partial charge in [-0.15, -0.1) is 0 Å². The lowest BCUT2D eigenvalue weighted by Gasteiger charge is -2.34. The van der Waals surface area contributed by atoms with Gasteiger partial charge in [0, 0.05) is 17.8 Å². The van der Waals surface area contributed by atoms with Gasteiger partial charge in [-0.05, 0) is 31.9 Å². The Bertz CT molecular complexity index is 1270. The van der Waals surface area contributed by atoms with Gasteiger partial charge in [0.15, 0.2) is 0 Å². The van der Waals surface area contributed by atoms with Crippen LogP contribution >= 0.6 is 0 Å². The van der Waals surface area contributed by atoms with E-state index in [1.165, 1.54) is 0 Å². The molecule has 3 N–H and O–H groups in total. The summed E-state index contributed by atoms with van der Waals surface area (Å²) >= 11 is 0. The first-order valence-electron chi connectivity index (χ1n) is 10.4. The number of benzene rings is 2. The third-order valence-corrected chi connectivity index (χ3v) is 6.43. The number of para-hydroxylation sites is 1. The highest BCUT2D eigenvalue weighted by Gasteiger charge is 2.64. The molecule has 160 valence electrons. The second-order valence-corrected chi connectivity index (χ2v) is 8.63. The predicted molar refractivity (Wildman–Crippen MR) is 118 cm³/mol. The van der Waals surface area contributed by atoms with Crippen molar-refractivity contribution >= 4 is 17.6 Å². The number of dihydropyridines is 1. The summed E-state index contributed by atoms with van der Waals surface area (Å²) in [6, 6.07) is 19.2. The molecule has 1 spiro atoms. The molecule has 1 amide bonds. The smallest absolute Gasteiger partial charge is 0.338 e. The van der Waals surface area contributed by atoms with Crippen LogP contribution in [-0.2, 0) is 26.2 Å². The van der Waals surface area contributed by atoms with Crippen molar-refractivity contribution in [3.63, 3.8) is 0 Å². The quantitative estimate of drug-likeness (QED) is 0.730. The van der Waals surface area contributed by atoms with E-state index >= 15 is 0 Å². The summed E-state index contributed by atoms with van der Waals surface area (Å²) in [7, 11) is 0. The molecule has 1 atom stereocenters. The van der Waals surface area contributed by atoms with Crippen molar-refractivity contribution in [1.82, 2.24) is 5.32 Å². The lowest BCUT2D eigenvalue weighted by atomic mass is 9.67. The van der Waals surface area contributed by atoms with Crippen molar-refractivity contribution in [3.05, 3.63) is 88.4 Å². The van der Waals surface area contributed by atoms with Crippen LogP contribution in [0, 0.1) is 11.3 Å². The van der Waals surface area contributed by atoms with Crippen LogP contribution in [0.4, 0.5) is 5.69 Å². The molecule has 7 nitrogen and oxygen atoms in total. The molecule has 0 fully saturated rings. The molecule has 0 aromatic heterocycles. The Hall–Kier alpha value is -4.05. The average molecular weight is 426 g/mol. The fraction of sp³-hybridized carbons (Fsp3) is 0.240. The molecular weight excluding hydrogens is 404 g/mol. The fourth-order valence-electron chi connectivity index (χ4n) is 5.00. The van der Waals surface area contributed by atoms with Crippen LogP contribution in [0.5, 0.6) is 0 Å². The van der Waals surface area contributed by atoms with Gasteiger partial charge in [-0.2, -0.15) is 5.26 Å². The van der Waals surface area contributed by atoms with E-state index in [0.717, 1.165) is 5.56 Å². The first-order chi connectivity index (χ1) is 15.3. The van der Waals surface area contributed by atoms with Crippen molar-refractivity contribution < 1.29 is 14.3 Å². The number of anilines is 1. The highest BCUT2D eigenvalue weighted by Crippen LogP contribution is 2.56. The molecule has 3 aliphatic heterocycles. The Morgan fingerprint density at radius 3 is 2.50 bits per heavy atom. The summed E-state index contributed by atoms with van der Waals surface area (Å²) in [5.41, 5.74) is 6.55. The van der Waals surface area contributed by atoms with E-state index in [-0.39, 0.29) is 22.9 Å². The SMILES string of the molecule is CC1(C)OC(=O)C2=C1NC(N)=C(C#N)[C@@]21C(=O)N(CCc2ccccc2)c2ccccc21. The summed E-state index contributed by atoms with van der Waals surface area (Å²) in [4.78, 5) is 29.0. The third kappa shape index (κ3) is 2.47. The van der Waals surface area contributed by atoms with Gasteiger partial charge < -0.3 is 20.7 Å². The molecule has 0 radical (unpaired) electrons. The molecule has 5 rings (SSSR count). The largest absolute Gasteiger partial charge is 0.450 e. The van der Waals surface area contributed by atoms with Gasteiger partial charge in [0.05, 0.1) is 16.8 Å². The first kappa shape index (κ1) is 19.9. The number of nitrogens with one attached hydrogen (secondary N) is 1. The minimum Gasteiger partial charge on any atom is -0.450 e. The van der Waals surface area contributed by atoms with Gasteiger partial charge in [-0.1, -0.05) is 48.5 Å². The molecular formula is C25H22N4O3. The maximum Gasteiger partial charge on any atom is 0.338 e. The summed E-state index contributed by atoms with van der Waals surface area (Å²) < 4.78 is 5.61. The molecule has 3 aliphatic rings. The Morgan fingerprint density at radius 1 is 1.09 bits per heavy atom. The van der Waals surface area contributed by atoms with Crippen LogP contribution in [0.1, 0.15) is 25.0 Å². The standard InChI is InChI=1S/C25H22N4O3/c1-24(2)20-19(22(30)32-24)25(17(14-26)21(27)28-20)16-10-6-7-11-18(16)29(23(25)31)13-12-15-8-4-3-5-9-15/h3-11,28H,12-13,27H2,1-2H3/t25-/m1/s1. The minimum atomic E-state index is -1.63. The van der Waals surface area contributed by atoms with E-state index in [0.29, 0.717) is 29.9 Å². The zero-order valence-corrected chi connectivity index (χ0v) is 17.8. The first-order valence-corrected chi connectivity index (χ1v) is 10.4. The van der Waals surface area contributed by atoms with Gasteiger partial charge in [0.2, 0.25) is 5.91 Å². The van der Waals surface area contributed by atoms with E-state index < -0.39 is 17.0 Å².